The van der Waals surface area contributed by atoms with Crippen LogP contribution in [0.3, 0.4) is 0 Å². The summed E-state index contributed by atoms with van der Waals surface area (Å²) in [4.78, 5) is 19.0. The highest BCUT2D eigenvalue weighted by atomic mass is 35.5. The van der Waals surface area contributed by atoms with E-state index in [2.05, 4.69) is 240 Å². The Morgan fingerprint density at radius 1 is 0.286 bits per heavy atom. The van der Waals surface area contributed by atoms with E-state index in [1.54, 1.807) is 0 Å². The molecule has 0 amide bonds. The van der Waals surface area contributed by atoms with Crippen LogP contribution in [0.1, 0.15) is 48.5 Å². The van der Waals surface area contributed by atoms with Crippen LogP contribution in [-0.4, -0.2) is 175 Å². The molecule has 7 aromatic rings. The molecule has 0 saturated heterocycles. The summed E-state index contributed by atoms with van der Waals surface area (Å²) in [6.45, 7) is 6.74. The molecule has 0 saturated carbocycles. The van der Waals surface area contributed by atoms with Gasteiger partial charge in [0.25, 0.3) is 0 Å². The van der Waals surface area contributed by atoms with Crippen LogP contribution in [0, 0.1) is 0 Å². The van der Waals surface area contributed by atoms with Crippen LogP contribution in [0.5, 0.6) is 23.0 Å². The minimum Gasteiger partial charge on any atom is -1.00 e. The quantitative estimate of drug-likeness (QED) is 0.0700. The lowest BCUT2D eigenvalue weighted by atomic mass is 10.0. The number of hydrogen-bond acceptors (Lipinski definition) is 6. The molecule has 3 aromatic heterocycles. The van der Waals surface area contributed by atoms with Crippen LogP contribution < -0.4 is 68.6 Å². The number of benzene rings is 4. The predicted molar refractivity (Wildman–Crippen MR) is 333 cm³/mol. The van der Waals surface area contributed by atoms with Crippen LogP contribution in [0.2, 0.25) is 0 Å². The number of fused-ring (bicyclic) bond motifs is 8. The summed E-state index contributed by atoms with van der Waals surface area (Å²) in [5.41, 5.74) is 15.0. The zero-order valence-electron chi connectivity index (χ0n) is 51.2. The van der Waals surface area contributed by atoms with Crippen LogP contribution in [0.15, 0.2) is 121 Å². The molecule has 9 rings (SSSR count). The van der Waals surface area contributed by atoms with E-state index < -0.39 is 0 Å². The van der Waals surface area contributed by atoms with Crippen molar-refractivity contribution < 1.29 is 86.5 Å². The van der Waals surface area contributed by atoms with Crippen LogP contribution in [-0.2, 0) is 0 Å². The lowest BCUT2D eigenvalue weighted by Crippen LogP contribution is -3.00. The van der Waals surface area contributed by atoms with Crippen LogP contribution in [0.4, 0.5) is 0 Å². The van der Waals surface area contributed by atoms with Gasteiger partial charge < -0.3 is 96.5 Å². The molecule has 5 heterocycles. The summed E-state index contributed by atoms with van der Waals surface area (Å²) < 4.78 is 28.8. The van der Waals surface area contributed by atoms with Gasteiger partial charge in [-0.1, -0.05) is 48.5 Å². The molecule has 84 heavy (non-hydrogen) atoms. The largest absolute Gasteiger partial charge is 1.00 e. The third-order valence-corrected chi connectivity index (χ3v) is 14.3. The fraction of sp³-hybridized carbons (Fsp3) is 0.353. The number of quaternary nitrogens is 4. The Labute approximate surface area is 524 Å². The fourth-order valence-corrected chi connectivity index (χ4v) is 10.2. The fourth-order valence-electron chi connectivity index (χ4n) is 10.2. The highest BCUT2D eigenvalue weighted by molar-refractivity contribution is 6.00. The van der Waals surface area contributed by atoms with E-state index in [9.17, 15) is 0 Å². The third-order valence-electron chi connectivity index (χ3n) is 14.3. The molecule has 4 aromatic carbocycles. The standard InChI is InChI=1S/C68H86N8O4.4ClH/c1-73(2,3)41-13-45-77-53-25-17-49(18-26-53)65-57-33-35-59(69-57)66(50-19-27-54(28-20-50)78-46-14-42-74(4,5)6)61-37-39-63(71-61)68(52-23-31-56(32-24-52)80-48-16-44-76(10,11)12)64-40-38-62(72-64)67(60-36-34-58(65)70-60)51-21-29-55(30-22-51)79-47-15-43-75(7,8)9;;;;/h17-40,69,72H,13-16,41-48H2,1-12H3;4*1H/q+4;;;;/p-4. The third kappa shape index (κ3) is 18.8. The van der Waals surface area contributed by atoms with Crippen molar-refractivity contribution in [1.82, 2.24) is 19.9 Å². The van der Waals surface area contributed by atoms with Gasteiger partial charge >= 0.3 is 0 Å². The van der Waals surface area contributed by atoms with E-state index in [4.69, 9.17) is 28.9 Å². The zero-order valence-corrected chi connectivity index (χ0v) is 54.2. The Morgan fingerprint density at radius 3 is 0.655 bits per heavy atom. The van der Waals surface area contributed by atoms with E-state index in [-0.39, 0.29) is 49.6 Å². The van der Waals surface area contributed by atoms with Crippen molar-refractivity contribution in [3.8, 4) is 67.5 Å². The Kier molecular flexibility index (Phi) is 24.2. The minimum absolute atomic E-state index is 0. The van der Waals surface area contributed by atoms with Crippen LogP contribution in [0.25, 0.3) is 90.9 Å². The number of halogens is 4. The Morgan fingerprint density at radius 2 is 0.476 bits per heavy atom. The Bertz CT molecular complexity index is 3030. The number of rotatable bonds is 24. The van der Waals surface area contributed by atoms with E-state index in [0.29, 0.717) is 26.4 Å². The first-order valence-electron chi connectivity index (χ1n) is 28.4. The molecule has 8 bridgehead atoms. The van der Waals surface area contributed by atoms with Gasteiger partial charge in [0.1, 0.15) is 23.0 Å². The predicted octanol–water partition coefficient (Wildman–Crippen LogP) is 1.24. The lowest BCUT2D eigenvalue weighted by Gasteiger charge is -2.23. The van der Waals surface area contributed by atoms with Crippen molar-refractivity contribution in [3.05, 3.63) is 144 Å². The van der Waals surface area contributed by atoms with Gasteiger partial charge in [-0.2, -0.15) is 0 Å². The molecule has 16 heteroatoms. The SMILES string of the molecule is C[N+](C)(C)CCCOc1ccc(-c2c3nc(c(-c4ccc(OCCC[N+](C)(C)C)cc4)c4ccc([nH]4)c(-c4ccc(OCCC[N+](C)(C)C)cc4)c4nc(c(-c5ccc(OCCC[N+](C)(C)C)cc5)c5ccc2[nH]5)C=C4)C=C3)cc1.[Cl-].[Cl-].[Cl-].[Cl-]. The molecule has 0 radical (unpaired) electrons. The smallest absolute Gasteiger partial charge is 0.119 e. The van der Waals surface area contributed by atoms with Gasteiger partial charge in [-0.15, -0.1) is 0 Å². The van der Waals surface area contributed by atoms with Gasteiger partial charge in [-0.25, -0.2) is 9.97 Å². The highest BCUT2D eigenvalue weighted by Crippen LogP contribution is 2.40. The van der Waals surface area contributed by atoms with Crippen molar-refractivity contribution >= 4 is 46.4 Å². The second kappa shape index (κ2) is 29.7. The van der Waals surface area contributed by atoms with Crippen molar-refractivity contribution in [3.63, 3.8) is 0 Å². The summed E-state index contributed by atoms with van der Waals surface area (Å²) >= 11 is 0. The lowest BCUT2D eigenvalue weighted by molar-refractivity contribution is -0.870. The first kappa shape index (κ1) is 68.5. The monoisotopic (exact) mass is 1220 g/mol. The first-order chi connectivity index (χ1) is 38.1. The van der Waals surface area contributed by atoms with Gasteiger partial charge in [0.2, 0.25) is 0 Å². The minimum atomic E-state index is 0. The molecule has 0 spiro atoms. The van der Waals surface area contributed by atoms with Crippen molar-refractivity contribution in [2.75, 3.05) is 137 Å². The molecule has 0 fully saturated rings. The molecule has 2 aliphatic rings. The van der Waals surface area contributed by atoms with E-state index in [1.807, 2.05) is 0 Å². The number of nitrogens with one attached hydrogen (secondary N) is 2. The molecule has 0 atom stereocenters. The summed E-state index contributed by atoms with van der Waals surface area (Å²) in [6, 6.07) is 42.5. The number of nitrogens with zero attached hydrogens (tertiary/aromatic N) is 6. The van der Waals surface area contributed by atoms with Crippen molar-refractivity contribution in [2.45, 2.75) is 25.7 Å². The van der Waals surface area contributed by atoms with Crippen LogP contribution >= 0.6 is 0 Å². The normalized spacial score (nSPS) is 12.1. The molecule has 0 unspecified atom stereocenters. The average molecular weight is 1220 g/mol. The zero-order chi connectivity index (χ0) is 56.7. The molecule has 12 nitrogen and oxygen atoms in total. The van der Waals surface area contributed by atoms with Gasteiger partial charge in [0.15, 0.2) is 0 Å². The van der Waals surface area contributed by atoms with E-state index >= 15 is 0 Å². The maximum Gasteiger partial charge on any atom is 0.119 e. The topological polar surface area (TPSA) is 94.3 Å². The Balaban J connectivity index is 0.00000323. The maximum atomic E-state index is 6.29. The summed E-state index contributed by atoms with van der Waals surface area (Å²) in [5.74, 6) is 3.36. The first-order valence-corrected chi connectivity index (χ1v) is 28.4. The summed E-state index contributed by atoms with van der Waals surface area (Å²) in [6.07, 6.45) is 12.4. The van der Waals surface area contributed by atoms with E-state index in [0.717, 1.165) is 182 Å². The maximum absolute atomic E-state index is 6.29. The number of aromatic nitrogens is 4. The summed E-state index contributed by atoms with van der Waals surface area (Å²) in [7, 11) is 26.5. The molecule has 0 aliphatic carbocycles. The molecular formula is C68H86Cl4N8O4. The Hall–Kier alpha value is -6.32. The average Bonchev–Trinajstić information content (AvgIpc) is 4.26. The number of H-pyrrole nitrogens is 2. The van der Waals surface area contributed by atoms with Crippen molar-refractivity contribution in [2.24, 2.45) is 0 Å². The van der Waals surface area contributed by atoms with Gasteiger partial charge in [0, 0.05) is 70.0 Å². The molecule has 450 valence electrons. The second-order valence-electron chi connectivity index (χ2n) is 25.5. The van der Waals surface area contributed by atoms with E-state index in [1.165, 1.54) is 0 Å². The molecule has 2 aliphatic heterocycles. The van der Waals surface area contributed by atoms with Gasteiger partial charge in [-0.05, 0) is 119 Å². The van der Waals surface area contributed by atoms with Crippen molar-refractivity contribution in [1.29, 1.82) is 0 Å². The summed E-state index contributed by atoms with van der Waals surface area (Å²) in [5, 5.41) is 0. The molecular weight excluding hydrogens is 1130 g/mol. The molecule has 2 N–H and O–H groups in total. The number of ether oxygens (including phenoxy) is 4. The highest BCUT2D eigenvalue weighted by Gasteiger charge is 2.21. The van der Waals surface area contributed by atoms with Gasteiger partial charge in [-0.3, -0.25) is 0 Å². The number of aromatic amines is 2. The van der Waals surface area contributed by atoms with Gasteiger partial charge in [0.05, 0.1) is 160 Å². The number of hydrogen-bond donors (Lipinski definition) is 2. The second-order valence-corrected chi connectivity index (χ2v) is 25.5.